The highest BCUT2D eigenvalue weighted by Crippen LogP contribution is 2.41. The highest BCUT2D eigenvalue weighted by Gasteiger charge is 2.46. The molecule has 3 saturated heterocycles. The number of hydrogen-bond acceptors (Lipinski definition) is 4. The maximum Gasteiger partial charge on any atom is 0.108 e. The van der Waals surface area contributed by atoms with Crippen molar-refractivity contribution in [3.05, 3.63) is 0 Å². The van der Waals surface area contributed by atoms with E-state index in [1.54, 1.807) is 0 Å². The summed E-state index contributed by atoms with van der Waals surface area (Å²) in [5, 5.41) is 0. The molecule has 0 radical (unpaired) electrons. The van der Waals surface area contributed by atoms with E-state index in [0.717, 1.165) is 26.1 Å². The normalized spacial score (nSPS) is 30.4. The molecule has 0 aliphatic carbocycles. The molecule has 0 aromatic rings. The lowest BCUT2D eigenvalue weighted by molar-refractivity contribution is -0.208. The van der Waals surface area contributed by atoms with Gasteiger partial charge in [0.05, 0.1) is 5.60 Å². The van der Waals surface area contributed by atoms with E-state index >= 15 is 0 Å². The fourth-order valence-corrected chi connectivity index (χ4v) is 4.31. The maximum absolute atomic E-state index is 6.51. The van der Waals surface area contributed by atoms with Gasteiger partial charge in [-0.2, -0.15) is 0 Å². The zero-order valence-electron chi connectivity index (χ0n) is 14.9. The summed E-state index contributed by atoms with van der Waals surface area (Å²) in [6.07, 6.45) is 5.03. The third-order valence-electron chi connectivity index (χ3n) is 6.19. The molecule has 3 aliphatic heterocycles. The lowest BCUT2D eigenvalue weighted by atomic mass is 9.73. The van der Waals surface area contributed by atoms with E-state index in [1.807, 2.05) is 0 Å². The van der Waals surface area contributed by atoms with Gasteiger partial charge in [0.1, 0.15) is 6.23 Å². The largest absolute Gasteiger partial charge is 0.381 e. The van der Waals surface area contributed by atoms with Crippen molar-refractivity contribution in [1.29, 1.82) is 0 Å². The van der Waals surface area contributed by atoms with Crippen molar-refractivity contribution in [2.24, 2.45) is 5.41 Å². The molecule has 0 aromatic heterocycles. The van der Waals surface area contributed by atoms with Gasteiger partial charge in [-0.05, 0) is 53.4 Å². The second-order valence-electron chi connectivity index (χ2n) is 8.31. The average Bonchev–Trinajstić information content (AvgIpc) is 2.45. The minimum Gasteiger partial charge on any atom is -0.381 e. The van der Waals surface area contributed by atoms with Gasteiger partial charge in [-0.25, -0.2) is 0 Å². The third-order valence-corrected chi connectivity index (χ3v) is 6.19. The lowest BCUT2D eigenvalue weighted by Crippen LogP contribution is -2.62. The molecule has 128 valence electrons. The van der Waals surface area contributed by atoms with Gasteiger partial charge in [0.15, 0.2) is 0 Å². The minimum absolute atomic E-state index is 0.0588. The molecule has 1 unspecified atom stereocenters. The van der Waals surface area contributed by atoms with Crippen molar-refractivity contribution in [3.63, 3.8) is 0 Å². The third kappa shape index (κ3) is 3.50. The summed E-state index contributed by atoms with van der Waals surface area (Å²) >= 11 is 0. The predicted molar refractivity (Wildman–Crippen MR) is 89.0 cm³/mol. The van der Waals surface area contributed by atoms with Gasteiger partial charge in [-0.1, -0.05) is 0 Å². The van der Waals surface area contributed by atoms with Crippen LogP contribution in [0.1, 0.15) is 53.4 Å². The molecule has 4 nitrogen and oxygen atoms in total. The molecule has 0 N–H and O–H groups in total. The van der Waals surface area contributed by atoms with Crippen molar-refractivity contribution in [2.45, 2.75) is 71.2 Å². The smallest absolute Gasteiger partial charge is 0.108 e. The average molecular weight is 310 g/mol. The number of piperidine rings is 1. The second kappa shape index (κ2) is 6.39. The predicted octanol–water partition coefficient (Wildman–Crippen LogP) is 2.72. The van der Waals surface area contributed by atoms with Crippen molar-refractivity contribution in [1.82, 2.24) is 9.80 Å². The molecule has 1 spiro atoms. The first-order chi connectivity index (χ1) is 10.4. The van der Waals surface area contributed by atoms with Gasteiger partial charge in [-0.15, -0.1) is 0 Å². The zero-order chi connectivity index (χ0) is 15.8. The molecule has 3 heterocycles. The van der Waals surface area contributed by atoms with Crippen LogP contribution in [0.15, 0.2) is 0 Å². The number of nitrogens with zero attached hydrogens (tertiary/aromatic N) is 2. The van der Waals surface area contributed by atoms with Crippen molar-refractivity contribution in [3.8, 4) is 0 Å². The quantitative estimate of drug-likeness (QED) is 0.797. The second-order valence-corrected chi connectivity index (χ2v) is 8.31. The molecule has 0 bridgehead atoms. The molecule has 0 amide bonds. The van der Waals surface area contributed by atoms with Crippen molar-refractivity contribution in [2.75, 3.05) is 39.4 Å². The van der Waals surface area contributed by atoms with Crippen LogP contribution in [-0.4, -0.2) is 67.1 Å². The minimum atomic E-state index is 0.0588. The van der Waals surface area contributed by atoms with Gasteiger partial charge in [-0.3, -0.25) is 4.90 Å². The molecule has 22 heavy (non-hydrogen) atoms. The van der Waals surface area contributed by atoms with Crippen LogP contribution in [-0.2, 0) is 9.47 Å². The van der Waals surface area contributed by atoms with Crippen LogP contribution in [0, 0.1) is 5.41 Å². The molecule has 4 heteroatoms. The summed E-state index contributed by atoms with van der Waals surface area (Å²) in [5.41, 5.74) is 0.598. The Balaban J connectivity index is 1.45. The van der Waals surface area contributed by atoms with Gasteiger partial charge >= 0.3 is 0 Å². The van der Waals surface area contributed by atoms with Crippen LogP contribution in [0.25, 0.3) is 0 Å². The summed E-state index contributed by atoms with van der Waals surface area (Å²) in [5.74, 6) is 0. The fourth-order valence-electron chi connectivity index (χ4n) is 4.31. The molecular formula is C18H34N2O2. The lowest BCUT2D eigenvalue weighted by Gasteiger charge is -2.55. The first-order valence-corrected chi connectivity index (χ1v) is 9.15. The van der Waals surface area contributed by atoms with Gasteiger partial charge in [0.25, 0.3) is 0 Å². The molecule has 3 fully saturated rings. The Bertz CT molecular complexity index is 363. The molecule has 0 aromatic carbocycles. The number of hydrogen-bond donors (Lipinski definition) is 0. The van der Waals surface area contributed by atoms with Crippen molar-refractivity contribution >= 4 is 0 Å². The zero-order valence-corrected chi connectivity index (χ0v) is 14.9. The fraction of sp³-hybridized carbons (Fsp3) is 1.00. The maximum atomic E-state index is 6.51. The molecule has 3 rings (SSSR count). The van der Waals surface area contributed by atoms with E-state index in [1.165, 1.54) is 39.0 Å². The van der Waals surface area contributed by atoms with Gasteiger partial charge in [0.2, 0.25) is 0 Å². The van der Waals surface area contributed by atoms with Crippen LogP contribution in [0.4, 0.5) is 0 Å². The van der Waals surface area contributed by atoms with Crippen LogP contribution >= 0.6 is 0 Å². The first-order valence-electron chi connectivity index (χ1n) is 9.15. The van der Waals surface area contributed by atoms with Gasteiger partial charge in [0, 0.05) is 50.8 Å². The monoisotopic (exact) mass is 310 g/mol. The van der Waals surface area contributed by atoms with Gasteiger partial charge < -0.3 is 14.4 Å². The summed E-state index contributed by atoms with van der Waals surface area (Å²) in [7, 11) is 0. The van der Waals surface area contributed by atoms with Crippen LogP contribution in [0.3, 0.4) is 0 Å². The van der Waals surface area contributed by atoms with E-state index in [0.29, 0.717) is 11.5 Å². The first kappa shape index (κ1) is 16.7. The summed E-state index contributed by atoms with van der Waals surface area (Å²) in [6.45, 7) is 15.8. The Morgan fingerprint density at radius 2 is 1.50 bits per heavy atom. The summed E-state index contributed by atoms with van der Waals surface area (Å²) < 4.78 is 12.0. The van der Waals surface area contributed by atoms with Crippen LogP contribution in [0.2, 0.25) is 0 Å². The van der Waals surface area contributed by atoms with E-state index in [9.17, 15) is 0 Å². The number of ether oxygens (including phenoxy) is 2. The van der Waals surface area contributed by atoms with E-state index in [2.05, 4.69) is 37.5 Å². The highest BCUT2D eigenvalue weighted by atomic mass is 16.5. The Kier molecular flexibility index (Phi) is 4.84. The number of rotatable bonds is 4. The molecule has 3 aliphatic rings. The summed E-state index contributed by atoms with van der Waals surface area (Å²) in [4.78, 5) is 5.09. The standard InChI is InChI=1S/C18H34N2O2/c1-15(2)19-9-5-17(4,6-10-19)22-16(3)20-13-18(14-20)7-11-21-12-8-18/h15-16H,5-14H2,1-4H3. The summed E-state index contributed by atoms with van der Waals surface area (Å²) in [6, 6.07) is 0.658. The van der Waals surface area contributed by atoms with Crippen LogP contribution in [0.5, 0.6) is 0 Å². The molecular weight excluding hydrogens is 276 g/mol. The SMILES string of the molecule is CC(C)N1CCC(C)(OC(C)N2CC3(CCOCC3)C2)CC1. The number of likely N-dealkylation sites (tertiary alicyclic amines) is 2. The Hall–Kier alpha value is -0.160. The highest BCUT2D eigenvalue weighted by molar-refractivity contribution is 4.97. The van der Waals surface area contributed by atoms with Crippen molar-refractivity contribution < 1.29 is 9.47 Å². The van der Waals surface area contributed by atoms with E-state index in [4.69, 9.17) is 9.47 Å². The van der Waals surface area contributed by atoms with E-state index in [-0.39, 0.29) is 11.8 Å². The Labute approximate surface area is 136 Å². The van der Waals surface area contributed by atoms with Crippen LogP contribution < -0.4 is 0 Å². The molecule has 0 saturated carbocycles. The Morgan fingerprint density at radius 1 is 0.909 bits per heavy atom. The molecule has 1 atom stereocenters. The Morgan fingerprint density at radius 3 is 2.05 bits per heavy atom. The van der Waals surface area contributed by atoms with E-state index < -0.39 is 0 Å². The topological polar surface area (TPSA) is 24.9 Å².